The summed E-state index contributed by atoms with van der Waals surface area (Å²) in [6.07, 6.45) is 1.12. The Balaban J connectivity index is 1.60. The number of H-pyrrole nitrogens is 1. The van der Waals surface area contributed by atoms with Crippen LogP contribution in [-0.2, 0) is 27.6 Å². The molecule has 1 aromatic carbocycles. The number of amides is 1. The highest BCUT2D eigenvalue weighted by Crippen LogP contribution is 2.21. The summed E-state index contributed by atoms with van der Waals surface area (Å²) in [5, 5.41) is 9.16. The first kappa shape index (κ1) is 19.7. The van der Waals surface area contributed by atoms with Gasteiger partial charge in [0.1, 0.15) is 0 Å². The van der Waals surface area contributed by atoms with Gasteiger partial charge in [0.05, 0.1) is 16.8 Å². The topological polar surface area (TPSA) is 114 Å². The van der Waals surface area contributed by atoms with Gasteiger partial charge in [0.15, 0.2) is 15.0 Å². The van der Waals surface area contributed by atoms with Gasteiger partial charge in [0, 0.05) is 12.6 Å². The summed E-state index contributed by atoms with van der Waals surface area (Å²) in [5.74, 6) is -0.162. The summed E-state index contributed by atoms with van der Waals surface area (Å²) in [6.45, 7) is 2.17. The largest absolute Gasteiger partial charge is 0.351 e. The summed E-state index contributed by atoms with van der Waals surface area (Å²) in [6, 6.07) is 9.46. The minimum atomic E-state index is -3.05. The molecule has 10 heteroatoms. The summed E-state index contributed by atoms with van der Waals surface area (Å²) in [5.41, 5.74) is 0.790. The van der Waals surface area contributed by atoms with Crippen LogP contribution in [0, 0.1) is 0 Å². The molecule has 1 fully saturated rings. The number of carbonyl (C=O) groups is 1. The Labute approximate surface area is 161 Å². The fraction of sp³-hybridized carbons (Fsp3) is 0.471. The van der Waals surface area contributed by atoms with Crippen molar-refractivity contribution in [3.05, 3.63) is 46.4 Å². The number of aromatic nitrogens is 3. The smallest absolute Gasteiger partial charge is 0.343 e. The lowest BCUT2D eigenvalue weighted by molar-refractivity contribution is -0.120. The van der Waals surface area contributed by atoms with Crippen LogP contribution >= 0.6 is 11.8 Å². The van der Waals surface area contributed by atoms with E-state index < -0.39 is 15.1 Å². The number of nitrogens with one attached hydrogen (secondary N) is 2. The number of nitrogens with zero attached hydrogens (tertiary/aromatic N) is 2. The van der Waals surface area contributed by atoms with Crippen molar-refractivity contribution >= 4 is 27.5 Å². The van der Waals surface area contributed by atoms with E-state index in [1.54, 1.807) is 6.92 Å². The molecule has 1 amide bonds. The van der Waals surface area contributed by atoms with Gasteiger partial charge in [-0.3, -0.25) is 9.36 Å². The van der Waals surface area contributed by atoms with Crippen molar-refractivity contribution in [3.8, 4) is 0 Å². The van der Waals surface area contributed by atoms with E-state index in [4.69, 9.17) is 0 Å². The van der Waals surface area contributed by atoms with Gasteiger partial charge in [-0.05, 0) is 25.3 Å². The Kier molecular flexibility index (Phi) is 6.05. The van der Waals surface area contributed by atoms with E-state index in [0.717, 1.165) is 5.56 Å². The zero-order valence-electron chi connectivity index (χ0n) is 14.9. The normalized spacial score (nSPS) is 19.7. The van der Waals surface area contributed by atoms with Crippen LogP contribution in [0.15, 0.2) is 40.3 Å². The minimum absolute atomic E-state index is 0.0136. The predicted molar refractivity (Wildman–Crippen MR) is 104 cm³/mol. The first-order chi connectivity index (χ1) is 12.8. The first-order valence-electron chi connectivity index (χ1n) is 8.70. The van der Waals surface area contributed by atoms with Crippen molar-refractivity contribution in [3.63, 3.8) is 0 Å². The van der Waals surface area contributed by atoms with Crippen LogP contribution in [0.25, 0.3) is 0 Å². The molecular weight excluding hydrogens is 388 g/mol. The molecule has 0 unspecified atom stereocenters. The predicted octanol–water partition coefficient (Wildman–Crippen LogP) is 0.598. The maximum absolute atomic E-state index is 12.4. The number of rotatable bonds is 7. The molecule has 0 bridgehead atoms. The molecule has 2 N–H and O–H groups in total. The first-order valence-corrected chi connectivity index (χ1v) is 11.4. The van der Waals surface area contributed by atoms with Crippen molar-refractivity contribution in [2.75, 3.05) is 11.5 Å². The Morgan fingerprint density at radius 2 is 2.15 bits per heavy atom. The minimum Gasteiger partial charge on any atom is -0.351 e. The maximum atomic E-state index is 12.4. The number of thioether (sulfide) groups is 1. The average Bonchev–Trinajstić information content (AvgIpc) is 3.15. The van der Waals surface area contributed by atoms with Crippen molar-refractivity contribution < 1.29 is 13.2 Å². The van der Waals surface area contributed by atoms with Crippen LogP contribution in [-0.4, -0.2) is 51.9 Å². The van der Waals surface area contributed by atoms with Crippen molar-refractivity contribution in [1.29, 1.82) is 0 Å². The molecular formula is C17H22N4O4S2. The summed E-state index contributed by atoms with van der Waals surface area (Å²) in [4.78, 5) is 24.4. The quantitative estimate of drug-likeness (QED) is 0.646. The van der Waals surface area contributed by atoms with Crippen LogP contribution in [0.4, 0.5) is 0 Å². The van der Waals surface area contributed by atoms with E-state index in [2.05, 4.69) is 15.5 Å². The third-order valence-electron chi connectivity index (χ3n) is 4.42. The van der Waals surface area contributed by atoms with Gasteiger partial charge in [-0.2, -0.15) is 0 Å². The van der Waals surface area contributed by atoms with Gasteiger partial charge >= 0.3 is 5.69 Å². The number of carbonyl (C=O) groups excluding carboxylic acids is 1. The zero-order valence-corrected chi connectivity index (χ0v) is 16.6. The Bertz CT molecular complexity index is 953. The summed E-state index contributed by atoms with van der Waals surface area (Å²) in [7, 11) is -3.05. The van der Waals surface area contributed by atoms with Crippen molar-refractivity contribution in [2.45, 2.75) is 42.8 Å². The van der Waals surface area contributed by atoms with Gasteiger partial charge in [-0.1, -0.05) is 42.1 Å². The lowest BCUT2D eigenvalue weighted by Gasteiger charge is -2.15. The zero-order chi connectivity index (χ0) is 19.4. The van der Waals surface area contributed by atoms with E-state index in [1.165, 1.54) is 16.3 Å². The van der Waals surface area contributed by atoms with Crippen molar-refractivity contribution in [2.24, 2.45) is 0 Å². The highest BCUT2D eigenvalue weighted by atomic mass is 32.2. The second kappa shape index (κ2) is 8.30. The summed E-state index contributed by atoms with van der Waals surface area (Å²) >= 11 is 1.18. The monoisotopic (exact) mass is 410 g/mol. The van der Waals surface area contributed by atoms with Crippen LogP contribution in [0.1, 0.15) is 18.9 Å². The molecule has 146 valence electrons. The Morgan fingerprint density at radius 3 is 2.81 bits per heavy atom. The molecule has 0 radical (unpaired) electrons. The second-order valence-electron chi connectivity index (χ2n) is 6.57. The van der Waals surface area contributed by atoms with Crippen LogP contribution in [0.2, 0.25) is 0 Å². The van der Waals surface area contributed by atoms with Crippen molar-refractivity contribution in [1.82, 2.24) is 20.1 Å². The molecule has 1 aliphatic heterocycles. The second-order valence-corrected chi connectivity index (χ2v) is 10.1. The molecule has 0 spiro atoms. The lowest BCUT2D eigenvalue weighted by atomic mass is 10.1. The molecule has 8 nitrogen and oxygen atoms in total. The molecule has 2 aromatic rings. The Morgan fingerprint density at radius 1 is 1.41 bits per heavy atom. The number of sulfone groups is 1. The van der Waals surface area contributed by atoms with Gasteiger partial charge < -0.3 is 5.32 Å². The lowest BCUT2D eigenvalue weighted by Crippen LogP contribution is -2.40. The van der Waals surface area contributed by atoms with Crippen LogP contribution in [0.5, 0.6) is 0 Å². The average molecular weight is 411 g/mol. The maximum Gasteiger partial charge on any atom is 0.343 e. The fourth-order valence-corrected chi connectivity index (χ4v) is 5.48. The molecule has 2 atom stereocenters. The molecule has 2 heterocycles. The van der Waals surface area contributed by atoms with Gasteiger partial charge in [-0.15, -0.1) is 5.10 Å². The highest BCUT2D eigenvalue weighted by molar-refractivity contribution is 8.00. The third-order valence-corrected chi connectivity index (χ3v) is 7.28. The van der Waals surface area contributed by atoms with E-state index in [1.807, 2.05) is 30.3 Å². The molecule has 1 aromatic heterocycles. The van der Waals surface area contributed by atoms with Gasteiger partial charge in [0.25, 0.3) is 0 Å². The highest BCUT2D eigenvalue weighted by Gasteiger charge is 2.30. The molecule has 0 saturated carbocycles. The van der Waals surface area contributed by atoms with E-state index in [9.17, 15) is 18.0 Å². The van der Waals surface area contributed by atoms with Gasteiger partial charge in [0.2, 0.25) is 5.91 Å². The number of hydrogen-bond acceptors (Lipinski definition) is 6. The molecule has 0 aliphatic carbocycles. The van der Waals surface area contributed by atoms with E-state index >= 15 is 0 Å². The number of benzene rings is 1. The molecule has 1 saturated heterocycles. The van der Waals surface area contributed by atoms with Crippen LogP contribution in [0.3, 0.4) is 0 Å². The number of aryl methyl sites for hydroxylation is 1. The SMILES string of the molecule is C[C@@H](Sc1n[nH]c(=O)n1CCc1ccccc1)C(=O)N[C@@H]1CCS(=O)(=O)C1. The fourth-order valence-electron chi connectivity index (χ4n) is 2.91. The number of aromatic amines is 1. The van der Waals surface area contributed by atoms with Gasteiger partial charge in [-0.25, -0.2) is 18.3 Å². The number of hydrogen-bond donors (Lipinski definition) is 2. The molecule has 27 heavy (non-hydrogen) atoms. The molecule has 3 rings (SSSR count). The standard InChI is InChI=1S/C17H22N4O4S2/c1-12(15(22)18-14-8-10-27(24,25)11-14)26-17-20-19-16(23)21(17)9-7-13-5-3-2-4-6-13/h2-6,12,14H,7-11H2,1H3,(H,18,22)(H,19,23)/t12-,14-/m1/s1. The van der Waals surface area contributed by atoms with E-state index in [0.29, 0.717) is 24.5 Å². The van der Waals surface area contributed by atoms with E-state index in [-0.39, 0.29) is 29.1 Å². The van der Waals surface area contributed by atoms with Crippen LogP contribution < -0.4 is 11.0 Å². The molecule has 1 aliphatic rings. The third kappa shape index (κ3) is 5.23. The Hall–Kier alpha value is -2.07. The summed E-state index contributed by atoms with van der Waals surface area (Å²) < 4.78 is 24.5.